The summed E-state index contributed by atoms with van der Waals surface area (Å²) in [6, 6.07) is 9.78. The number of sulfonamides is 1. The lowest BCUT2D eigenvalue weighted by Gasteiger charge is -2.41. The second kappa shape index (κ2) is 11.7. The lowest BCUT2D eigenvalue weighted by Crippen LogP contribution is -2.55. The fraction of sp³-hybridized carbons (Fsp3) is 0.267. The summed E-state index contributed by atoms with van der Waals surface area (Å²) < 4.78 is 48.0. The van der Waals surface area contributed by atoms with Crippen molar-refractivity contribution in [2.75, 3.05) is 35.6 Å². The molecular weight excluding hydrogens is 603 g/mol. The zero-order valence-electron chi connectivity index (χ0n) is 24.3. The first-order valence-electron chi connectivity index (χ1n) is 14.1. The van der Waals surface area contributed by atoms with Crippen LogP contribution in [-0.2, 0) is 19.6 Å². The number of halogens is 1. The van der Waals surface area contributed by atoms with E-state index < -0.39 is 20.7 Å². The van der Waals surface area contributed by atoms with Crippen LogP contribution in [0.2, 0.25) is 0 Å². The Morgan fingerprint density at radius 1 is 1.07 bits per heavy atom. The monoisotopic (exact) mass is 632 g/mol. The number of piperazine rings is 1. The number of carbonyl (C=O) groups excluding carboxylic acids is 2. The van der Waals surface area contributed by atoms with Gasteiger partial charge in [0.15, 0.2) is 11.6 Å². The third kappa shape index (κ3) is 5.85. The van der Waals surface area contributed by atoms with E-state index >= 15 is 0 Å². The SMILES string of the molecule is COc1ncc(-c2ccc3nc(N)nc(N4C[C@H]5CC[C@@H](C4)N5C(=O)/C=C/C(C)=O)c3n2)cc1NS(=O)(=O)c1ccccc1F. The fourth-order valence-corrected chi connectivity index (χ4v) is 6.93. The van der Waals surface area contributed by atoms with Gasteiger partial charge in [0.1, 0.15) is 21.9 Å². The molecule has 4 aromatic rings. The van der Waals surface area contributed by atoms with Gasteiger partial charge in [0.05, 0.1) is 18.3 Å². The molecule has 2 bridgehead atoms. The number of allylic oxidation sites excluding steroid dienone is 1. The molecule has 1 amide bonds. The minimum atomic E-state index is -4.31. The number of hydrogen-bond donors (Lipinski definition) is 2. The lowest BCUT2D eigenvalue weighted by atomic mass is 10.1. The van der Waals surface area contributed by atoms with Gasteiger partial charge in [-0.25, -0.2) is 27.8 Å². The number of nitrogens with two attached hydrogens (primary N) is 1. The van der Waals surface area contributed by atoms with Gasteiger partial charge in [0.2, 0.25) is 17.7 Å². The van der Waals surface area contributed by atoms with Crippen molar-refractivity contribution in [3.05, 3.63) is 66.6 Å². The molecule has 0 saturated carbocycles. The molecule has 0 unspecified atom stereocenters. The van der Waals surface area contributed by atoms with Crippen LogP contribution in [0.25, 0.3) is 22.3 Å². The Labute approximate surface area is 258 Å². The molecule has 6 rings (SSSR count). The average molecular weight is 633 g/mol. The van der Waals surface area contributed by atoms with Crippen LogP contribution >= 0.6 is 0 Å². The fourth-order valence-electron chi connectivity index (χ4n) is 5.80. The van der Waals surface area contributed by atoms with E-state index in [9.17, 15) is 22.4 Å². The van der Waals surface area contributed by atoms with Crippen LogP contribution < -0.4 is 20.1 Å². The van der Waals surface area contributed by atoms with Gasteiger partial charge in [-0.2, -0.15) is 4.98 Å². The minimum absolute atomic E-state index is 0.00915. The largest absolute Gasteiger partial charge is 0.480 e. The van der Waals surface area contributed by atoms with E-state index in [1.165, 1.54) is 50.6 Å². The Hall–Kier alpha value is -5.18. The highest BCUT2D eigenvalue weighted by Crippen LogP contribution is 2.36. The highest BCUT2D eigenvalue weighted by atomic mass is 32.2. The Morgan fingerprint density at radius 3 is 2.49 bits per heavy atom. The number of ketones is 1. The number of amides is 1. The van der Waals surface area contributed by atoms with Gasteiger partial charge in [-0.05, 0) is 56.2 Å². The van der Waals surface area contributed by atoms with Crippen LogP contribution in [0.15, 0.2) is 65.7 Å². The first kappa shape index (κ1) is 29.9. The van der Waals surface area contributed by atoms with Gasteiger partial charge in [0, 0.05) is 43.0 Å². The predicted octanol–water partition coefficient (Wildman–Crippen LogP) is 2.94. The maximum absolute atomic E-state index is 14.3. The van der Waals surface area contributed by atoms with Crippen molar-refractivity contribution in [2.24, 2.45) is 0 Å². The molecule has 5 heterocycles. The van der Waals surface area contributed by atoms with Gasteiger partial charge >= 0.3 is 0 Å². The second-order valence-electron chi connectivity index (χ2n) is 10.8. The summed E-state index contributed by atoms with van der Waals surface area (Å²) in [5, 5.41) is 0. The van der Waals surface area contributed by atoms with Gasteiger partial charge < -0.3 is 20.3 Å². The number of nitrogen functional groups attached to an aromatic ring is 1. The second-order valence-corrected chi connectivity index (χ2v) is 12.4. The van der Waals surface area contributed by atoms with E-state index in [0.717, 1.165) is 25.0 Å². The number of rotatable bonds is 8. The van der Waals surface area contributed by atoms with Gasteiger partial charge in [-0.1, -0.05) is 12.1 Å². The zero-order valence-corrected chi connectivity index (χ0v) is 25.2. The number of ether oxygens (including phenoxy) is 1. The maximum atomic E-state index is 14.3. The summed E-state index contributed by atoms with van der Waals surface area (Å²) in [6.07, 6.45) is 5.69. The van der Waals surface area contributed by atoms with Crippen LogP contribution in [0.1, 0.15) is 19.8 Å². The Bertz CT molecular complexity index is 1960. The molecule has 0 radical (unpaired) electrons. The van der Waals surface area contributed by atoms with Gasteiger partial charge in [0.25, 0.3) is 10.0 Å². The topological polar surface area (TPSA) is 174 Å². The molecule has 232 valence electrons. The number of hydrogen-bond acceptors (Lipinski definition) is 11. The van der Waals surface area contributed by atoms with E-state index in [1.807, 2.05) is 9.80 Å². The highest BCUT2D eigenvalue weighted by molar-refractivity contribution is 7.92. The summed E-state index contributed by atoms with van der Waals surface area (Å²) in [5.41, 5.74) is 7.91. The molecule has 2 aliphatic rings. The number of nitrogens with zero attached hydrogens (tertiary/aromatic N) is 6. The molecule has 13 nitrogen and oxygen atoms in total. The smallest absolute Gasteiger partial charge is 0.264 e. The normalized spacial score (nSPS) is 18.0. The Balaban J connectivity index is 1.34. The third-order valence-electron chi connectivity index (χ3n) is 7.75. The molecule has 2 aliphatic heterocycles. The average Bonchev–Trinajstić information content (AvgIpc) is 3.28. The third-order valence-corrected chi connectivity index (χ3v) is 9.15. The van der Waals surface area contributed by atoms with Crippen LogP contribution in [0.4, 0.5) is 21.8 Å². The zero-order chi connectivity index (χ0) is 31.9. The van der Waals surface area contributed by atoms with Crippen molar-refractivity contribution in [2.45, 2.75) is 36.7 Å². The number of aromatic nitrogens is 4. The maximum Gasteiger partial charge on any atom is 0.264 e. The highest BCUT2D eigenvalue weighted by Gasteiger charge is 2.42. The number of fused-ring (bicyclic) bond motifs is 3. The molecule has 0 spiro atoms. The lowest BCUT2D eigenvalue weighted by molar-refractivity contribution is -0.129. The molecule has 0 aliphatic carbocycles. The number of methoxy groups -OCH3 is 1. The molecule has 3 N–H and O–H groups in total. The van der Waals surface area contributed by atoms with Gasteiger partial charge in [-0.15, -0.1) is 0 Å². The van der Waals surface area contributed by atoms with E-state index in [0.29, 0.717) is 41.2 Å². The van der Waals surface area contributed by atoms with E-state index in [2.05, 4.69) is 19.7 Å². The Morgan fingerprint density at radius 2 is 1.80 bits per heavy atom. The molecule has 2 atom stereocenters. The number of carbonyl (C=O) groups is 2. The van der Waals surface area contributed by atoms with Crippen molar-refractivity contribution in [1.82, 2.24) is 24.8 Å². The van der Waals surface area contributed by atoms with Crippen molar-refractivity contribution in [3.63, 3.8) is 0 Å². The van der Waals surface area contributed by atoms with Crippen molar-refractivity contribution in [3.8, 4) is 17.1 Å². The van der Waals surface area contributed by atoms with E-state index in [4.69, 9.17) is 15.5 Å². The summed E-state index contributed by atoms with van der Waals surface area (Å²) >= 11 is 0. The van der Waals surface area contributed by atoms with E-state index in [1.54, 1.807) is 12.1 Å². The van der Waals surface area contributed by atoms with Crippen molar-refractivity contribution < 1.29 is 27.1 Å². The summed E-state index contributed by atoms with van der Waals surface area (Å²) in [4.78, 5) is 45.5. The van der Waals surface area contributed by atoms with Crippen molar-refractivity contribution in [1.29, 1.82) is 0 Å². The summed E-state index contributed by atoms with van der Waals surface area (Å²) in [6.45, 7) is 2.37. The number of pyridine rings is 2. The van der Waals surface area contributed by atoms with Crippen LogP contribution in [0.3, 0.4) is 0 Å². The number of nitrogens with one attached hydrogen (secondary N) is 1. The molecule has 45 heavy (non-hydrogen) atoms. The number of anilines is 3. The first-order valence-corrected chi connectivity index (χ1v) is 15.5. The quantitative estimate of drug-likeness (QED) is 0.273. The summed E-state index contributed by atoms with van der Waals surface area (Å²) in [5.74, 6) is -0.735. The first-order chi connectivity index (χ1) is 21.5. The number of benzene rings is 1. The molecule has 2 saturated heterocycles. The van der Waals surface area contributed by atoms with Gasteiger partial charge in [-0.3, -0.25) is 14.3 Å². The molecular formula is C30H29FN8O5S. The molecule has 3 aromatic heterocycles. The van der Waals surface area contributed by atoms with Crippen molar-refractivity contribution >= 4 is 50.2 Å². The predicted molar refractivity (Wildman–Crippen MR) is 164 cm³/mol. The van der Waals surface area contributed by atoms with Crippen LogP contribution in [-0.4, -0.2) is 77.2 Å². The van der Waals surface area contributed by atoms with Crippen LogP contribution in [0, 0.1) is 5.82 Å². The summed E-state index contributed by atoms with van der Waals surface area (Å²) in [7, 11) is -2.98. The standard InChI is InChI=1S/C30H29FN8O5S/c1-17(40)7-12-26(41)39-19-8-9-20(39)16-38(15-19)28-27-23(35-30(32)36-28)11-10-22(34-27)18-13-24(29(44-2)33-14-18)37-45(42,43)25-6-4-3-5-21(25)31/h3-7,10-14,19-20,37H,8-9,15-16H2,1-2H3,(H2,32,35,36)/b12-7+/t19-,20+. The molecule has 15 heteroatoms. The Kier molecular flexibility index (Phi) is 7.78. The van der Waals surface area contributed by atoms with Crippen LogP contribution in [0.5, 0.6) is 5.88 Å². The molecule has 2 fully saturated rings. The minimum Gasteiger partial charge on any atom is -0.480 e. The van der Waals surface area contributed by atoms with E-state index in [-0.39, 0.29) is 41.3 Å². The molecule has 1 aromatic carbocycles.